The highest BCUT2D eigenvalue weighted by Gasteiger charge is 2.19. The Balaban J connectivity index is 1.75. The molecule has 1 aliphatic rings. The highest BCUT2D eigenvalue weighted by molar-refractivity contribution is 5.78. The van der Waals surface area contributed by atoms with Gasteiger partial charge in [-0.15, -0.1) is 0 Å². The zero-order valence-electron chi connectivity index (χ0n) is 12.8. The molecule has 116 valence electrons. The third kappa shape index (κ3) is 5.01. The van der Waals surface area contributed by atoms with E-state index in [1.807, 2.05) is 0 Å². The van der Waals surface area contributed by atoms with Crippen molar-refractivity contribution >= 4 is 11.6 Å². The maximum absolute atomic E-state index is 12.9. The van der Waals surface area contributed by atoms with Crippen LogP contribution in [0.25, 0.3) is 0 Å². The zero-order chi connectivity index (χ0) is 15.2. The molecule has 0 unspecified atom stereocenters. The summed E-state index contributed by atoms with van der Waals surface area (Å²) in [5.41, 5.74) is 1.04. The predicted octanol–water partition coefficient (Wildman–Crippen LogP) is 1.72. The topological polar surface area (TPSA) is 35.6 Å². The molecule has 1 saturated heterocycles. The van der Waals surface area contributed by atoms with Crippen LogP contribution in [-0.4, -0.2) is 50.1 Å². The van der Waals surface area contributed by atoms with E-state index in [2.05, 4.69) is 29.0 Å². The molecule has 0 aliphatic carbocycles. The second kappa shape index (κ2) is 7.41. The standard InChI is InChI=1S/C16H24FN3O/c1-13(2)11-18-16(21)12-19-7-9-20(10-8-19)15-5-3-14(17)4-6-15/h3-6,13H,7-12H2,1-2H3,(H,18,21). The van der Waals surface area contributed by atoms with E-state index >= 15 is 0 Å². The number of rotatable bonds is 5. The minimum Gasteiger partial charge on any atom is -0.369 e. The molecule has 21 heavy (non-hydrogen) atoms. The summed E-state index contributed by atoms with van der Waals surface area (Å²) < 4.78 is 12.9. The van der Waals surface area contributed by atoms with Crippen LogP contribution in [0.15, 0.2) is 24.3 Å². The lowest BCUT2D eigenvalue weighted by molar-refractivity contribution is -0.122. The Morgan fingerprint density at radius 1 is 1.19 bits per heavy atom. The Hall–Kier alpha value is -1.62. The van der Waals surface area contributed by atoms with Crippen LogP contribution in [0.3, 0.4) is 0 Å². The molecule has 1 N–H and O–H groups in total. The van der Waals surface area contributed by atoms with Crippen molar-refractivity contribution in [1.29, 1.82) is 0 Å². The van der Waals surface area contributed by atoms with E-state index in [4.69, 9.17) is 0 Å². The van der Waals surface area contributed by atoms with Gasteiger partial charge in [0.1, 0.15) is 5.82 Å². The summed E-state index contributed by atoms with van der Waals surface area (Å²) in [6.07, 6.45) is 0. The number of carbonyl (C=O) groups is 1. The third-order valence-corrected chi connectivity index (χ3v) is 3.64. The van der Waals surface area contributed by atoms with Gasteiger partial charge >= 0.3 is 0 Å². The van der Waals surface area contributed by atoms with Crippen molar-refractivity contribution in [2.45, 2.75) is 13.8 Å². The van der Waals surface area contributed by atoms with Gasteiger partial charge in [-0.25, -0.2) is 4.39 Å². The van der Waals surface area contributed by atoms with Crippen molar-refractivity contribution in [3.05, 3.63) is 30.1 Å². The molecule has 1 amide bonds. The van der Waals surface area contributed by atoms with Gasteiger partial charge in [-0.1, -0.05) is 13.8 Å². The molecule has 1 aliphatic heterocycles. The summed E-state index contributed by atoms with van der Waals surface area (Å²) in [6.45, 7) is 8.80. The lowest BCUT2D eigenvalue weighted by Crippen LogP contribution is -2.49. The summed E-state index contributed by atoms with van der Waals surface area (Å²) >= 11 is 0. The molecule has 0 aromatic heterocycles. The highest BCUT2D eigenvalue weighted by atomic mass is 19.1. The molecule has 5 heteroatoms. The summed E-state index contributed by atoms with van der Waals surface area (Å²) in [5, 5.41) is 2.94. The number of nitrogens with one attached hydrogen (secondary N) is 1. The maximum atomic E-state index is 12.9. The van der Waals surface area contributed by atoms with E-state index in [0.717, 1.165) is 38.4 Å². The Labute approximate surface area is 125 Å². The number of carbonyl (C=O) groups excluding carboxylic acids is 1. The minimum absolute atomic E-state index is 0.0962. The molecule has 0 atom stereocenters. The first-order chi connectivity index (χ1) is 10.0. The van der Waals surface area contributed by atoms with E-state index in [1.165, 1.54) is 12.1 Å². The van der Waals surface area contributed by atoms with Crippen molar-refractivity contribution in [1.82, 2.24) is 10.2 Å². The predicted molar refractivity (Wildman–Crippen MR) is 82.9 cm³/mol. The highest BCUT2D eigenvalue weighted by Crippen LogP contribution is 2.16. The monoisotopic (exact) mass is 293 g/mol. The molecular formula is C16H24FN3O. The second-order valence-electron chi connectivity index (χ2n) is 5.94. The Kier molecular flexibility index (Phi) is 5.56. The quantitative estimate of drug-likeness (QED) is 0.898. The lowest BCUT2D eigenvalue weighted by atomic mass is 10.2. The SMILES string of the molecule is CC(C)CNC(=O)CN1CCN(c2ccc(F)cc2)CC1. The number of hydrogen-bond donors (Lipinski definition) is 1. The first kappa shape index (κ1) is 15.8. The number of piperazine rings is 1. The zero-order valence-corrected chi connectivity index (χ0v) is 12.8. The average Bonchev–Trinajstić information content (AvgIpc) is 2.47. The van der Waals surface area contributed by atoms with Crippen LogP contribution in [0.1, 0.15) is 13.8 Å². The third-order valence-electron chi connectivity index (χ3n) is 3.64. The van der Waals surface area contributed by atoms with Gasteiger partial charge in [-0.05, 0) is 30.2 Å². The van der Waals surface area contributed by atoms with E-state index in [-0.39, 0.29) is 11.7 Å². The largest absolute Gasteiger partial charge is 0.369 e. The smallest absolute Gasteiger partial charge is 0.234 e. The molecule has 1 fully saturated rings. The van der Waals surface area contributed by atoms with Crippen molar-refractivity contribution in [3.8, 4) is 0 Å². The van der Waals surface area contributed by atoms with Gasteiger partial charge in [0.15, 0.2) is 0 Å². The number of amides is 1. The Bertz CT molecular complexity index is 453. The van der Waals surface area contributed by atoms with Crippen LogP contribution in [0, 0.1) is 11.7 Å². The summed E-state index contributed by atoms with van der Waals surface area (Å²) in [6, 6.07) is 6.59. The molecule has 0 spiro atoms. The van der Waals surface area contributed by atoms with Gasteiger partial charge in [0, 0.05) is 38.4 Å². The fraction of sp³-hybridized carbons (Fsp3) is 0.562. The molecule has 1 aromatic rings. The van der Waals surface area contributed by atoms with Gasteiger partial charge in [0.2, 0.25) is 5.91 Å². The van der Waals surface area contributed by atoms with Crippen molar-refractivity contribution < 1.29 is 9.18 Å². The van der Waals surface area contributed by atoms with E-state index in [0.29, 0.717) is 12.5 Å². The van der Waals surface area contributed by atoms with Gasteiger partial charge in [0.05, 0.1) is 6.54 Å². The van der Waals surface area contributed by atoms with E-state index < -0.39 is 0 Å². The molecule has 0 saturated carbocycles. The minimum atomic E-state index is -0.209. The Morgan fingerprint density at radius 3 is 2.38 bits per heavy atom. The maximum Gasteiger partial charge on any atom is 0.234 e. The fourth-order valence-corrected chi connectivity index (χ4v) is 2.39. The fourth-order valence-electron chi connectivity index (χ4n) is 2.39. The van der Waals surface area contributed by atoms with Crippen LogP contribution in [0.5, 0.6) is 0 Å². The van der Waals surface area contributed by atoms with Crippen LogP contribution in [0.2, 0.25) is 0 Å². The van der Waals surface area contributed by atoms with Crippen molar-refractivity contribution in [3.63, 3.8) is 0 Å². The number of nitrogens with zero attached hydrogens (tertiary/aromatic N) is 2. The second-order valence-corrected chi connectivity index (χ2v) is 5.94. The normalized spacial score (nSPS) is 16.3. The van der Waals surface area contributed by atoms with E-state index in [9.17, 15) is 9.18 Å². The van der Waals surface area contributed by atoms with E-state index in [1.54, 1.807) is 12.1 Å². The number of benzene rings is 1. The van der Waals surface area contributed by atoms with Gasteiger partial charge in [-0.2, -0.15) is 0 Å². The molecule has 4 nitrogen and oxygen atoms in total. The molecule has 1 aromatic carbocycles. The number of halogens is 1. The lowest BCUT2D eigenvalue weighted by Gasteiger charge is -2.35. The van der Waals surface area contributed by atoms with Gasteiger partial charge < -0.3 is 10.2 Å². The first-order valence-electron chi connectivity index (χ1n) is 7.54. The molecule has 1 heterocycles. The van der Waals surface area contributed by atoms with Crippen molar-refractivity contribution in [2.75, 3.05) is 44.2 Å². The number of hydrogen-bond acceptors (Lipinski definition) is 3. The number of anilines is 1. The van der Waals surface area contributed by atoms with Gasteiger partial charge in [-0.3, -0.25) is 9.69 Å². The van der Waals surface area contributed by atoms with Crippen LogP contribution < -0.4 is 10.2 Å². The molecular weight excluding hydrogens is 269 g/mol. The van der Waals surface area contributed by atoms with Crippen LogP contribution in [-0.2, 0) is 4.79 Å². The Morgan fingerprint density at radius 2 is 1.81 bits per heavy atom. The first-order valence-corrected chi connectivity index (χ1v) is 7.54. The average molecular weight is 293 g/mol. The molecule has 0 bridgehead atoms. The summed E-state index contributed by atoms with van der Waals surface area (Å²) in [5.74, 6) is 0.363. The summed E-state index contributed by atoms with van der Waals surface area (Å²) in [4.78, 5) is 16.2. The van der Waals surface area contributed by atoms with Crippen LogP contribution >= 0.6 is 0 Å². The summed E-state index contributed by atoms with van der Waals surface area (Å²) in [7, 11) is 0. The van der Waals surface area contributed by atoms with Crippen LogP contribution in [0.4, 0.5) is 10.1 Å². The molecule has 2 rings (SSSR count). The molecule has 0 radical (unpaired) electrons. The van der Waals surface area contributed by atoms with Crippen molar-refractivity contribution in [2.24, 2.45) is 5.92 Å². The van der Waals surface area contributed by atoms with Gasteiger partial charge in [0.25, 0.3) is 0 Å².